The van der Waals surface area contributed by atoms with Crippen LogP contribution in [0, 0.1) is 5.41 Å². The average Bonchev–Trinajstić information content (AvgIpc) is 2.27. The molecule has 0 unspecified atom stereocenters. The molecule has 4 N–H and O–H groups in total. The maximum Gasteiger partial charge on any atom is 0.319 e. The second-order valence-corrected chi connectivity index (χ2v) is 6.36. The third kappa shape index (κ3) is 4.24. The molecular weight excluding hydrogens is 238 g/mol. The number of nitrogens with one attached hydrogen (secondary N) is 2. The Morgan fingerprint density at radius 3 is 2.05 bits per heavy atom. The second kappa shape index (κ2) is 5.61. The van der Waals surface area contributed by atoms with Gasteiger partial charge in [-0.2, -0.15) is 0 Å². The minimum atomic E-state index is -0.297. The lowest BCUT2D eigenvalue weighted by Crippen LogP contribution is -2.53. The van der Waals surface area contributed by atoms with E-state index in [1.165, 1.54) is 0 Å². The first-order chi connectivity index (χ1) is 8.65. The van der Waals surface area contributed by atoms with E-state index in [0.717, 1.165) is 11.3 Å². The van der Waals surface area contributed by atoms with Crippen LogP contribution in [0.25, 0.3) is 0 Å². The Hall–Kier alpha value is -1.55. The molecule has 1 aromatic carbocycles. The van der Waals surface area contributed by atoms with Gasteiger partial charge in [0.1, 0.15) is 0 Å². The summed E-state index contributed by atoms with van der Waals surface area (Å²) in [4.78, 5) is 12.0. The van der Waals surface area contributed by atoms with Gasteiger partial charge in [-0.15, -0.1) is 0 Å². The van der Waals surface area contributed by atoms with E-state index in [0.29, 0.717) is 6.54 Å². The molecule has 2 amide bonds. The predicted molar refractivity (Wildman–Crippen MR) is 80.0 cm³/mol. The van der Waals surface area contributed by atoms with Crippen molar-refractivity contribution in [1.29, 1.82) is 0 Å². The maximum absolute atomic E-state index is 12.0. The molecule has 0 radical (unpaired) electrons. The normalized spacial score (nSPS) is 12.1. The number of carbonyl (C=O) groups is 1. The summed E-state index contributed by atoms with van der Waals surface area (Å²) >= 11 is 0. The minimum Gasteiger partial charge on any atom is -0.332 e. The number of rotatable bonds is 3. The molecule has 0 aliphatic rings. The Morgan fingerprint density at radius 2 is 1.63 bits per heavy atom. The zero-order chi connectivity index (χ0) is 14.7. The van der Waals surface area contributed by atoms with Gasteiger partial charge in [0.25, 0.3) is 0 Å². The van der Waals surface area contributed by atoms with Gasteiger partial charge in [-0.3, -0.25) is 0 Å². The lowest BCUT2D eigenvalue weighted by Gasteiger charge is -2.39. The van der Waals surface area contributed by atoms with E-state index >= 15 is 0 Å². The van der Waals surface area contributed by atoms with Crippen LogP contribution < -0.4 is 16.4 Å². The molecule has 0 fully saturated rings. The van der Waals surface area contributed by atoms with Gasteiger partial charge in [0.2, 0.25) is 0 Å². The standard InChI is InChI=1S/C15H25N3O/c1-14(2,3)15(4,5)18-13(19)17-12-8-6-11(10-16)7-9-12/h6-9H,10,16H2,1-5H3,(H2,17,18,19). The van der Waals surface area contributed by atoms with Crippen molar-refractivity contribution in [1.82, 2.24) is 5.32 Å². The summed E-state index contributed by atoms with van der Waals surface area (Å²) in [6.07, 6.45) is 0. The quantitative estimate of drug-likeness (QED) is 0.784. The number of benzene rings is 1. The average molecular weight is 263 g/mol. The highest BCUT2D eigenvalue weighted by Gasteiger charge is 2.34. The summed E-state index contributed by atoms with van der Waals surface area (Å²) < 4.78 is 0. The van der Waals surface area contributed by atoms with Gasteiger partial charge >= 0.3 is 6.03 Å². The van der Waals surface area contributed by atoms with Gasteiger partial charge in [0.15, 0.2) is 0 Å². The highest BCUT2D eigenvalue weighted by atomic mass is 16.2. The summed E-state index contributed by atoms with van der Waals surface area (Å²) in [5.41, 5.74) is 7.02. The van der Waals surface area contributed by atoms with Crippen LogP contribution in [0.5, 0.6) is 0 Å². The van der Waals surface area contributed by atoms with E-state index in [-0.39, 0.29) is 17.0 Å². The Labute approximate surface area is 115 Å². The molecule has 106 valence electrons. The molecule has 4 nitrogen and oxygen atoms in total. The van der Waals surface area contributed by atoms with Crippen molar-refractivity contribution < 1.29 is 4.79 Å². The zero-order valence-electron chi connectivity index (χ0n) is 12.5. The number of hydrogen-bond donors (Lipinski definition) is 3. The van der Waals surface area contributed by atoms with Crippen molar-refractivity contribution in [3.8, 4) is 0 Å². The molecule has 0 aliphatic heterocycles. The summed E-state index contributed by atoms with van der Waals surface area (Å²) in [5.74, 6) is 0. The number of urea groups is 1. The Kier molecular flexibility index (Phi) is 4.58. The van der Waals surface area contributed by atoms with Crippen molar-refractivity contribution in [3.05, 3.63) is 29.8 Å². The van der Waals surface area contributed by atoms with Crippen LogP contribution in [-0.4, -0.2) is 11.6 Å². The fourth-order valence-corrected chi connectivity index (χ4v) is 1.36. The van der Waals surface area contributed by atoms with Gasteiger partial charge in [-0.05, 0) is 37.0 Å². The Bertz CT molecular complexity index is 430. The van der Waals surface area contributed by atoms with E-state index in [2.05, 4.69) is 31.4 Å². The summed E-state index contributed by atoms with van der Waals surface area (Å²) in [5, 5.41) is 5.83. The van der Waals surface area contributed by atoms with E-state index < -0.39 is 0 Å². The van der Waals surface area contributed by atoms with Gasteiger partial charge in [-0.25, -0.2) is 4.79 Å². The lowest BCUT2D eigenvalue weighted by molar-refractivity contribution is 0.178. The number of hydrogen-bond acceptors (Lipinski definition) is 2. The molecule has 4 heteroatoms. The fraction of sp³-hybridized carbons (Fsp3) is 0.533. The van der Waals surface area contributed by atoms with Crippen molar-refractivity contribution in [3.63, 3.8) is 0 Å². The SMILES string of the molecule is CC(C)(C)C(C)(C)NC(=O)Nc1ccc(CN)cc1. The van der Waals surface area contributed by atoms with Crippen LogP contribution >= 0.6 is 0 Å². The highest BCUT2D eigenvalue weighted by Crippen LogP contribution is 2.29. The van der Waals surface area contributed by atoms with Gasteiger partial charge < -0.3 is 16.4 Å². The molecule has 1 aromatic rings. The minimum absolute atomic E-state index is 0.0201. The third-order valence-electron chi connectivity index (χ3n) is 3.75. The first-order valence-electron chi connectivity index (χ1n) is 6.54. The molecule has 0 saturated heterocycles. The highest BCUT2D eigenvalue weighted by molar-refractivity contribution is 5.89. The van der Waals surface area contributed by atoms with E-state index in [1.54, 1.807) is 0 Å². The molecule has 0 atom stereocenters. The smallest absolute Gasteiger partial charge is 0.319 e. The van der Waals surface area contributed by atoms with Crippen molar-refractivity contribution in [2.45, 2.75) is 46.7 Å². The Balaban J connectivity index is 2.65. The van der Waals surface area contributed by atoms with Crippen molar-refractivity contribution in [2.24, 2.45) is 11.1 Å². The van der Waals surface area contributed by atoms with Crippen LogP contribution in [0.2, 0.25) is 0 Å². The van der Waals surface area contributed by atoms with Crippen LogP contribution in [0.15, 0.2) is 24.3 Å². The third-order valence-corrected chi connectivity index (χ3v) is 3.75. The number of carbonyl (C=O) groups excluding carboxylic acids is 1. The maximum atomic E-state index is 12.0. The Morgan fingerprint density at radius 1 is 1.11 bits per heavy atom. The van der Waals surface area contributed by atoms with E-state index in [1.807, 2.05) is 38.1 Å². The molecule has 0 saturated carbocycles. The summed E-state index contributed by atoms with van der Waals surface area (Å²) in [6.45, 7) is 10.8. The van der Waals surface area contributed by atoms with Crippen LogP contribution in [0.4, 0.5) is 10.5 Å². The zero-order valence-corrected chi connectivity index (χ0v) is 12.5. The lowest BCUT2D eigenvalue weighted by atomic mass is 9.76. The van der Waals surface area contributed by atoms with Gasteiger partial charge in [0.05, 0.1) is 0 Å². The number of nitrogens with two attached hydrogens (primary N) is 1. The molecule has 1 rings (SSSR count). The molecule has 0 bridgehead atoms. The molecule has 19 heavy (non-hydrogen) atoms. The molecular formula is C15H25N3O. The van der Waals surface area contributed by atoms with E-state index in [9.17, 15) is 4.79 Å². The monoisotopic (exact) mass is 263 g/mol. The second-order valence-electron chi connectivity index (χ2n) is 6.36. The fourth-order valence-electron chi connectivity index (χ4n) is 1.36. The van der Waals surface area contributed by atoms with Crippen LogP contribution in [0.1, 0.15) is 40.2 Å². The number of amides is 2. The number of anilines is 1. The molecule has 0 spiro atoms. The van der Waals surface area contributed by atoms with Crippen molar-refractivity contribution in [2.75, 3.05) is 5.32 Å². The van der Waals surface area contributed by atoms with Crippen LogP contribution in [0.3, 0.4) is 0 Å². The molecule has 0 aromatic heterocycles. The summed E-state index contributed by atoms with van der Waals surface area (Å²) in [6, 6.07) is 7.33. The van der Waals surface area contributed by atoms with Gasteiger partial charge in [-0.1, -0.05) is 32.9 Å². The first-order valence-corrected chi connectivity index (χ1v) is 6.54. The van der Waals surface area contributed by atoms with Gasteiger partial charge in [0, 0.05) is 17.8 Å². The van der Waals surface area contributed by atoms with E-state index in [4.69, 9.17) is 5.73 Å². The molecule has 0 aliphatic carbocycles. The van der Waals surface area contributed by atoms with Crippen molar-refractivity contribution >= 4 is 11.7 Å². The molecule has 0 heterocycles. The predicted octanol–water partition coefficient (Wildman–Crippen LogP) is 3.09. The largest absolute Gasteiger partial charge is 0.332 e. The topological polar surface area (TPSA) is 67.2 Å². The van der Waals surface area contributed by atoms with Crippen LogP contribution in [-0.2, 0) is 6.54 Å². The summed E-state index contributed by atoms with van der Waals surface area (Å²) in [7, 11) is 0. The first kappa shape index (κ1) is 15.5.